The Morgan fingerprint density at radius 3 is 2.59 bits per heavy atom. The van der Waals surface area contributed by atoms with Gasteiger partial charge in [-0.2, -0.15) is 0 Å². The van der Waals surface area contributed by atoms with Crippen molar-refractivity contribution < 1.29 is 9.18 Å². The van der Waals surface area contributed by atoms with Gasteiger partial charge in [-0.05, 0) is 12.1 Å². The number of H-pyrrole nitrogens is 1. The van der Waals surface area contributed by atoms with Crippen molar-refractivity contribution in [3.63, 3.8) is 0 Å². The summed E-state index contributed by atoms with van der Waals surface area (Å²) < 4.78 is 12.2. The van der Waals surface area contributed by atoms with Gasteiger partial charge in [-0.15, -0.1) is 0 Å². The quantitative estimate of drug-likeness (QED) is 0.585. The summed E-state index contributed by atoms with van der Waals surface area (Å²) in [6.45, 7) is 0. The molecule has 0 saturated heterocycles. The average molecular weight is 359 g/mol. The highest BCUT2D eigenvalue weighted by molar-refractivity contribution is 9.10. The monoisotopic (exact) mass is 357 g/mol. The maximum absolute atomic E-state index is 13.8. The minimum atomic E-state index is -2.10. The van der Waals surface area contributed by atoms with Crippen molar-refractivity contribution in [1.82, 2.24) is 4.98 Å². The minimum Gasteiger partial charge on any atom is -0.360 e. The molecule has 2 nitrogen and oxygen atoms in total. The Morgan fingerprint density at radius 1 is 1.35 bits per heavy atom. The van der Waals surface area contributed by atoms with Gasteiger partial charge in [0.15, 0.2) is 0 Å². The number of hydrogen-bond acceptors (Lipinski definition) is 1. The lowest BCUT2D eigenvalue weighted by atomic mass is 10.1. The first-order valence-electron chi connectivity index (χ1n) is 4.38. The van der Waals surface area contributed by atoms with Gasteiger partial charge >= 0.3 is 0 Å². The number of halogens is 5. The molecule has 2 rings (SSSR count). The first kappa shape index (κ1) is 13.1. The van der Waals surface area contributed by atoms with Gasteiger partial charge < -0.3 is 4.98 Å². The van der Waals surface area contributed by atoms with Crippen LogP contribution in [0.15, 0.2) is 22.8 Å². The predicted molar refractivity (Wildman–Crippen MR) is 70.6 cm³/mol. The maximum atomic E-state index is 13.8. The van der Waals surface area contributed by atoms with Crippen molar-refractivity contribution >= 4 is 67.4 Å². The van der Waals surface area contributed by atoms with Gasteiger partial charge in [0.2, 0.25) is 5.78 Å². The van der Waals surface area contributed by atoms with E-state index in [0.29, 0.717) is 9.99 Å². The van der Waals surface area contributed by atoms with E-state index >= 15 is 0 Å². The molecule has 0 saturated carbocycles. The van der Waals surface area contributed by atoms with Crippen LogP contribution < -0.4 is 0 Å². The Bertz CT molecular complexity index is 605. The molecule has 0 bridgehead atoms. The summed E-state index contributed by atoms with van der Waals surface area (Å²) in [5, 5.41) is 0.115. The molecule has 17 heavy (non-hydrogen) atoms. The van der Waals surface area contributed by atoms with E-state index < -0.39 is 15.4 Å². The number of carbonyl (C=O) groups excluding carboxylic acids is 1. The van der Waals surface area contributed by atoms with E-state index in [1.54, 1.807) is 6.07 Å². The Morgan fingerprint density at radius 2 is 2.00 bits per heavy atom. The largest absolute Gasteiger partial charge is 0.360 e. The number of carbonyl (C=O) groups is 1. The Kier molecular flexibility index (Phi) is 3.42. The molecule has 0 radical (unpaired) electrons. The molecule has 0 spiro atoms. The Labute approximate surface area is 119 Å². The SMILES string of the molecule is O=C(c1c[nH]c2cc(Br)cc(F)c12)C(Cl)(Cl)Cl. The maximum Gasteiger partial charge on any atom is 0.253 e. The third kappa shape index (κ3) is 2.45. The lowest BCUT2D eigenvalue weighted by Gasteiger charge is -2.08. The van der Waals surface area contributed by atoms with Crippen LogP contribution in [0.1, 0.15) is 10.4 Å². The van der Waals surface area contributed by atoms with Crippen LogP contribution in [-0.4, -0.2) is 14.6 Å². The van der Waals surface area contributed by atoms with E-state index in [1.807, 2.05) is 0 Å². The second-order valence-electron chi connectivity index (χ2n) is 3.34. The number of aromatic amines is 1. The molecular formula is C10H4BrCl3FNO. The summed E-state index contributed by atoms with van der Waals surface area (Å²) >= 11 is 19.6. The van der Waals surface area contributed by atoms with Crippen molar-refractivity contribution in [1.29, 1.82) is 0 Å². The molecular weight excluding hydrogens is 355 g/mol. The van der Waals surface area contributed by atoms with Crippen molar-refractivity contribution in [2.24, 2.45) is 0 Å². The summed E-state index contributed by atoms with van der Waals surface area (Å²) in [5.41, 5.74) is 0.472. The third-order valence-corrected chi connectivity index (χ3v) is 3.17. The second-order valence-corrected chi connectivity index (χ2v) is 6.54. The molecule has 0 amide bonds. The highest BCUT2D eigenvalue weighted by atomic mass is 79.9. The molecule has 1 heterocycles. The molecule has 0 aliphatic rings. The zero-order chi connectivity index (χ0) is 12.8. The average Bonchev–Trinajstić information content (AvgIpc) is 2.58. The smallest absolute Gasteiger partial charge is 0.253 e. The standard InChI is InChI=1S/C10H4BrCl3FNO/c11-4-1-6(15)8-5(3-16-7(8)2-4)9(17)10(12,13)14/h1-3,16H. The van der Waals surface area contributed by atoms with Crippen molar-refractivity contribution in [3.05, 3.63) is 34.2 Å². The number of nitrogens with one attached hydrogen (secondary N) is 1. The van der Waals surface area contributed by atoms with Gasteiger partial charge in [0.25, 0.3) is 3.79 Å². The molecule has 0 fully saturated rings. The van der Waals surface area contributed by atoms with Gasteiger partial charge in [-0.25, -0.2) is 4.39 Å². The lowest BCUT2D eigenvalue weighted by molar-refractivity contribution is 0.0997. The van der Waals surface area contributed by atoms with Crippen LogP contribution in [0.5, 0.6) is 0 Å². The molecule has 0 unspecified atom stereocenters. The van der Waals surface area contributed by atoms with E-state index in [9.17, 15) is 9.18 Å². The number of Topliss-reactive ketones (excluding diaryl/α,β-unsaturated/α-hetero) is 1. The summed E-state index contributed by atoms with van der Waals surface area (Å²) in [6, 6.07) is 2.87. The molecule has 7 heteroatoms. The first-order valence-corrected chi connectivity index (χ1v) is 6.31. The highest BCUT2D eigenvalue weighted by Gasteiger charge is 2.34. The second kappa shape index (κ2) is 4.43. The highest BCUT2D eigenvalue weighted by Crippen LogP contribution is 2.34. The lowest BCUT2D eigenvalue weighted by Crippen LogP contribution is -2.18. The molecule has 1 aromatic heterocycles. The number of rotatable bonds is 1. The van der Waals surface area contributed by atoms with Crippen LogP contribution in [0, 0.1) is 5.82 Å². The van der Waals surface area contributed by atoms with Crippen molar-refractivity contribution in [2.75, 3.05) is 0 Å². The van der Waals surface area contributed by atoms with Crippen LogP contribution in [-0.2, 0) is 0 Å². The number of ketones is 1. The summed E-state index contributed by atoms with van der Waals surface area (Å²) in [6.07, 6.45) is 1.32. The van der Waals surface area contributed by atoms with E-state index in [-0.39, 0.29) is 10.9 Å². The molecule has 0 aliphatic heterocycles. The topological polar surface area (TPSA) is 32.9 Å². The first-order chi connectivity index (χ1) is 7.80. The van der Waals surface area contributed by atoms with E-state index in [0.717, 1.165) is 0 Å². The molecule has 0 atom stereocenters. The zero-order valence-electron chi connectivity index (χ0n) is 8.03. The number of aromatic nitrogens is 1. The molecule has 2 aromatic rings. The van der Waals surface area contributed by atoms with E-state index in [2.05, 4.69) is 20.9 Å². The fourth-order valence-corrected chi connectivity index (χ4v) is 2.25. The summed E-state index contributed by atoms with van der Waals surface area (Å²) in [7, 11) is 0. The van der Waals surface area contributed by atoms with Gasteiger partial charge in [-0.3, -0.25) is 4.79 Å². The Balaban J connectivity index is 2.69. The molecule has 90 valence electrons. The Hall–Kier alpha value is -0.290. The van der Waals surface area contributed by atoms with E-state index in [1.165, 1.54) is 12.3 Å². The van der Waals surface area contributed by atoms with E-state index in [4.69, 9.17) is 34.8 Å². The third-order valence-electron chi connectivity index (χ3n) is 2.20. The van der Waals surface area contributed by atoms with Gasteiger partial charge in [-0.1, -0.05) is 50.7 Å². The van der Waals surface area contributed by atoms with Crippen LogP contribution in [0.2, 0.25) is 0 Å². The van der Waals surface area contributed by atoms with Crippen LogP contribution in [0.25, 0.3) is 10.9 Å². The van der Waals surface area contributed by atoms with Gasteiger partial charge in [0, 0.05) is 16.1 Å². The minimum absolute atomic E-state index is 0.0185. The van der Waals surface area contributed by atoms with Crippen molar-refractivity contribution in [3.8, 4) is 0 Å². The van der Waals surface area contributed by atoms with Crippen molar-refractivity contribution in [2.45, 2.75) is 3.79 Å². The number of fused-ring (bicyclic) bond motifs is 1. The molecule has 1 aromatic carbocycles. The fourth-order valence-electron chi connectivity index (χ4n) is 1.52. The van der Waals surface area contributed by atoms with Crippen LogP contribution in [0.3, 0.4) is 0 Å². The number of benzene rings is 1. The zero-order valence-corrected chi connectivity index (χ0v) is 11.9. The predicted octanol–water partition coefficient (Wildman–Crippen LogP) is 4.62. The fraction of sp³-hybridized carbons (Fsp3) is 0.100. The summed E-state index contributed by atoms with van der Waals surface area (Å²) in [5.74, 6) is -1.33. The number of alkyl halides is 3. The van der Waals surface area contributed by atoms with Crippen LogP contribution >= 0.6 is 50.7 Å². The molecule has 1 N–H and O–H groups in total. The molecule has 0 aliphatic carbocycles. The normalized spacial score (nSPS) is 12.1. The summed E-state index contributed by atoms with van der Waals surface area (Å²) in [4.78, 5) is 14.5. The van der Waals surface area contributed by atoms with Crippen LogP contribution in [0.4, 0.5) is 4.39 Å². The van der Waals surface area contributed by atoms with Gasteiger partial charge in [0.05, 0.1) is 11.1 Å². The number of hydrogen-bond donors (Lipinski definition) is 1. The van der Waals surface area contributed by atoms with Gasteiger partial charge in [0.1, 0.15) is 5.82 Å².